The van der Waals surface area contributed by atoms with Gasteiger partial charge in [-0.15, -0.1) is 0 Å². The highest BCUT2D eigenvalue weighted by atomic mass is 35.5. The van der Waals surface area contributed by atoms with Crippen LogP contribution in [-0.2, 0) is 21.4 Å². The standard InChI is InChI=1S/C15H23ClN2O3S/c1-12(2)11-18(22(3,20)21)9-8-15(19)17-10-13-4-6-14(16)7-5-13/h4-7,12H,8-11H2,1-3H3,(H,17,19). The van der Waals surface area contributed by atoms with Gasteiger partial charge in [-0.3, -0.25) is 4.79 Å². The lowest BCUT2D eigenvalue weighted by Gasteiger charge is -2.21. The molecule has 1 aromatic carbocycles. The Morgan fingerprint density at radius 2 is 1.86 bits per heavy atom. The van der Waals surface area contributed by atoms with Crippen molar-refractivity contribution in [2.45, 2.75) is 26.8 Å². The molecule has 0 aromatic heterocycles. The van der Waals surface area contributed by atoms with Crippen molar-refractivity contribution < 1.29 is 13.2 Å². The second-order valence-corrected chi connectivity index (χ2v) is 8.09. The molecule has 5 nitrogen and oxygen atoms in total. The summed E-state index contributed by atoms with van der Waals surface area (Å²) < 4.78 is 24.7. The number of hydrogen-bond acceptors (Lipinski definition) is 3. The Hall–Kier alpha value is -1.11. The molecule has 0 radical (unpaired) electrons. The van der Waals surface area contributed by atoms with Crippen LogP contribution >= 0.6 is 11.6 Å². The van der Waals surface area contributed by atoms with Crippen molar-refractivity contribution >= 4 is 27.5 Å². The number of sulfonamides is 1. The van der Waals surface area contributed by atoms with Gasteiger partial charge in [0.05, 0.1) is 6.26 Å². The largest absolute Gasteiger partial charge is 0.352 e. The van der Waals surface area contributed by atoms with Gasteiger partial charge in [0.1, 0.15) is 0 Å². The predicted octanol–water partition coefficient (Wildman–Crippen LogP) is 2.26. The van der Waals surface area contributed by atoms with Crippen LogP contribution in [0.2, 0.25) is 5.02 Å². The minimum Gasteiger partial charge on any atom is -0.352 e. The van der Waals surface area contributed by atoms with Crippen LogP contribution in [0.5, 0.6) is 0 Å². The molecule has 0 atom stereocenters. The second kappa shape index (κ2) is 8.50. The zero-order valence-corrected chi connectivity index (χ0v) is 14.7. The average Bonchev–Trinajstić information content (AvgIpc) is 2.41. The summed E-state index contributed by atoms with van der Waals surface area (Å²) in [6.07, 6.45) is 1.31. The SMILES string of the molecule is CC(C)CN(CCC(=O)NCc1ccc(Cl)cc1)S(C)(=O)=O. The Labute approximate surface area is 137 Å². The molecule has 0 unspecified atom stereocenters. The lowest BCUT2D eigenvalue weighted by Crippen LogP contribution is -2.36. The van der Waals surface area contributed by atoms with Gasteiger partial charge in [-0.1, -0.05) is 37.6 Å². The Morgan fingerprint density at radius 3 is 2.36 bits per heavy atom. The molecule has 0 aliphatic carbocycles. The number of nitrogens with one attached hydrogen (secondary N) is 1. The highest BCUT2D eigenvalue weighted by molar-refractivity contribution is 7.88. The van der Waals surface area contributed by atoms with Crippen LogP contribution in [0.25, 0.3) is 0 Å². The smallest absolute Gasteiger partial charge is 0.221 e. The van der Waals surface area contributed by atoms with Crippen LogP contribution < -0.4 is 5.32 Å². The number of rotatable bonds is 8. The number of nitrogens with zero attached hydrogens (tertiary/aromatic N) is 1. The minimum absolute atomic E-state index is 0.146. The fraction of sp³-hybridized carbons (Fsp3) is 0.533. The van der Waals surface area contributed by atoms with E-state index in [4.69, 9.17) is 11.6 Å². The number of carbonyl (C=O) groups is 1. The minimum atomic E-state index is -3.29. The molecular weight excluding hydrogens is 324 g/mol. The molecule has 1 aromatic rings. The molecule has 0 bridgehead atoms. The molecule has 0 spiro atoms. The summed E-state index contributed by atoms with van der Waals surface area (Å²) in [6.45, 7) is 4.91. The Morgan fingerprint density at radius 1 is 1.27 bits per heavy atom. The zero-order chi connectivity index (χ0) is 16.8. The highest BCUT2D eigenvalue weighted by Crippen LogP contribution is 2.09. The van der Waals surface area contributed by atoms with Crippen molar-refractivity contribution in [3.63, 3.8) is 0 Å². The van der Waals surface area contributed by atoms with E-state index in [9.17, 15) is 13.2 Å². The summed E-state index contributed by atoms with van der Waals surface area (Å²) in [5.41, 5.74) is 0.944. The summed E-state index contributed by atoms with van der Waals surface area (Å²) in [4.78, 5) is 11.8. The van der Waals surface area contributed by atoms with Gasteiger partial charge in [-0.25, -0.2) is 12.7 Å². The summed E-state index contributed by atoms with van der Waals surface area (Å²) in [5.74, 6) is 0.0409. The first-order valence-electron chi connectivity index (χ1n) is 7.14. The van der Waals surface area contributed by atoms with E-state index in [0.717, 1.165) is 5.56 Å². The van der Waals surface area contributed by atoms with Gasteiger partial charge in [0.25, 0.3) is 0 Å². The quantitative estimate of drug-likeness (QED) is 0.785. The van der Waals surface area contributed by atoms with Crippen LogP contribution in [0.15, 0.2) is 24.3 Å². The number of halogens is 1. The Balaban J connectivity index is 2.45. The van der Waals surface area contributed by atoms with Crippen LogP contribution in [0.3, 0.4) is 0 Å². The van der Waals surface area contributed by atoms with Gasteiger partial charge in [0.2, 0.25) is 15.9 Å². The van der Waals surface area contributed by atoms with Crippen LogP contribution in [-0.4, -0.2) is 38.0 Å². The third kappa shape index (κ3) is 7.24. The molecule has 1 rings (SSSR count). The van der Waals surface area contributed by atoms with E-state index in [1.807, 2.05) is 26.0 Å². The topological polar surface area (TPSA) is 66.5 Å². The normalized spacial score (nSPS) is 11.9. The van der Waals surface area contributed by atoms with Gasteiger partial charge < -0.3 is 5.32 Å². The first-order valence-corrected chi connectivity index (χ1v) is 9.37. The summed E-state index contributed by atoms with van der Waals surface area (Å²) >= 11 is 5.79. The maximum absolute atomic E-state index is 11.8. The molecule has 1 amide bonds. The summed E-state index contributed by atoms with van der Waals surface area (Å²) in [5, 5.41) is 3.42. The van der Waals surface area contributed by atoms with Crippen molar-refractivity contribution in [1.29, 1.82) is 0 Å². The monoisotopic (exact) mass is 346 g/mol. The molecule has 124 valence electrons. The third-order valence-corrected chi connectivity index (χ3v) is 4.55. The van der Waals surface area contributed by atoms with E-state index in [0.29, 0.717) is 18.1 Å². The van der Waals surface area contributed by atoms with E-state index in [2.05, 4.69) is 5.32 Å². The molecule has 1 N–H and O–H groups in total. The second-order valence-electron chi connectivity index (χ2n) is 5.67. The molecule has 22 heavy (non-hydrogen) atoms. The number of hydrogen-bond donors (Lipinski definition) is 1. The fourth-order valence-corrected chi connectivity index (χ4v) is 3.04. The molecule has 0 fully saturated rings. The third-order valence-electron chi connectivity index (χ3n) is 3.03. The van der Waals surface area contributed by atoms with Crippen LogP contribution in [0.1, 0.15) is 25.8 Å². The molecule has 0 aliphatic rings. The van der Waals surface area contributed by atoms with E-state index in [1.165, 1.54) is 10.6 Å². The van der Waals surface area contributed by atoms with Gasteiger partial charge in [-0.2, -0.15) is 0 Å². The van der Waals surface area contributed by atoms with E-state index >= 15 is 0 Å². The first kappa shape index (κ1) is 18.9. The van der Waals surface area contributed by atoms with Gasteiger partial charge in [-0.05, 0) is 23.6 Å². The zero-order valence-electron chi connectivity index (χ0n) is 13.2. The predicted molar refractivity (Wildman–Crippen MR) is 89.2 cm³/mol. The van der Waals surface area contributed by atoms with Crippen molar-refractivity contribution in [2.75, 3.05) is 19.3 Å². The highest BCUT2D eigenvalue weighted by Gasteiger charge is 2.18. The number of amides is 1. The fourth-order valence-electron chi connectivity index (χ4n) is 1.92. The van der Waals surface area contributed by atoms with Crippen molar-refractivity contribution in [2.24, 2.45) is 5.92 Å². The summed E-state index contributed by atoms with van der Waals surface area (Å²) in [7, 11) is -3.29. The lowest BCUT2D eigenvalue weighted by molar-refractivity contribution is -0.121. The van der Waals surface area contributed by atoms with E-state index in [-0.39, 0.29) is 24.8 Å². The van der Waals surface area contributed by atoms with Crippen molar-refractivity contribution in [3.8, 4) is 0 Å². The first-order chi connectivity index (χ1) is 10.2. The van der Waals surface area contributed by atoms with Gasteiger partial charge in [0, 0.05) is 31.1 Å². The van der Waals surface area contributed by atoms with Crippen LogP contribution in [0.4, 0.5) is 0 Å². The van der Waals surface area contributed by atoms with Crippen LogP contribution in [0, 0.1) is 5.92 Å². The van der Waals surface area contributed by atoms with E-state index in [1.54, 1.807) is 12.1 Å². The molecule has 0 heterocycles. The number of carbonyl (C=O) groups excluding carboxylic acids is 1. The number of benzene rings is 1. The van der Waals surface area contributed by atoms with E-state index < -0.39 is 10.0 Å². The molecule has 0 aliphatic heterocycles. The van der Waals surface area contributed by atoms with Gasteiger partial charge in [0.15, 0.2) is 0 Å². The van der Waals surface area contributed by atoms with Crippen molar-refractivity contribution in [3.05, 3.63) is 34.9 Å². The lowest BCUT2D eigenvalue weighted by atomic mass is 10.2. The summed E-state index contributed by atoms with van der Waals surface area (Å²) in [6, 6.07) is 7.20. The Bertz CT molecular complexity index is 585. The molecule has 0 saturated heterocycles. The molecular formula is C15H23ClN2O3S. The van der Waals surface area contributed by atoms with Gasteiger partial charge >= 0.3 is 0 Å². The maximum atomic E-state index is 11.8. The Kier molecular flexibility index (Phi) is 7.32. The molecule has 7 heteroatoms. The maximum Gasteiger partial charge on any atom is 0.221 e. The van der Waals surface area contributed by atoms with Crippen molar-refractivity contribution in [1.82, 2.24) is 9.62 Å². The average molecular weight is 347 g/mol. The molecule has 0 saturated carbocycles.